The first-order chi connectivity index (χ1) is 10.7. The van der Waals surface area contributed by atoms with Gasteiger partial charge in [0.1, 0.15) is 0 Å². The lowest BCUT2D eigenvalue weighted by Gasteiger charge is -2.06. The molecule has 118 valence electrons. The summed E-state index contributed by atoms with van der Waals surface area (Å²) in [5.41, 5.74) is 2.19. The molecule has 2 amide bonds. The monoisotopic (exact) mass is 303 g/mol. The largest absolute Gasteiger partial charge is 0.385 e. The van der Waals surface area contributed by atoms with Crippen molar-refractivity contribution in [2.45, 2.75) is 12.8 Å². The lowest BCUT2D eigenvalue weighted by atomic mass is 10.1. The molecule has 0 saturated heterocycles. The summed E-state index contributed by atoms with van der Waals surface area (Å²) in [5.74, 6) is -1.20. The van der Waals surface area contributed by atoms with Crippen LogP contribution in [0.3, 0.4) is 0 Å². The highest BCUT2D eigenvalue weighted by molar-refractivity contribution is 6.35. The van der Waals surface area contributed by atoms with Crippen molar-refractivity contribution in [1.82, 2.24) is 15.6 Å². The summed E-state index contributed by atoms with van der Waals surface area (Å²) in [6, 6.07) is 7.99. The van der Waals surface area contributed by atoms with Gasteiger partial charge in [-0.3, -0.25) is 9.59 Å². The van der Waals surface area contributed by atoms with Gasteiger partial charge in [-0.25, -0.2) is 0 Å². The quantitative estimate of drug-likeness (QED) is 0.527. The zero-order valence-electron chi connectivity index (χ0n) is 12.6. The number of para-hydroxylation sites is 1. The second-order valence-corrected chi connectivity index (χ2v) is 4.97. The van der Waals surface area contributed by atoms with Gasteiger partial charge in [-0.2, -0.15) is 0 Å². The average Bonchev–Trinajstić information content (AvgIpc) is 2.94. The summed E-state index contributed by atoms with van der Waals surface area (Å²) in [7, 11) is 1.60. The van der Waals surface area contributed by atoms with Gasteiger partial charge in [0.2, 0.25) is 0 Å². The number of amides is 2. The number of carbonyl (C=O) groups excluding carboxylic acids is 2. The maximum absolute atomic E-state index is 11.6. The molecule has 0 spiro atoms. The van der Waals surface area contributed by atoms with E-state index in [1.165, 1.54) is 0 Å². The molecule has 0 fully saturated rings. The minimum Gasteiger partial charge on any atom is -0.385 e. The first kappa shape index (κ1) is 16.0. The fraction of sp³-hybridized carbons (Fsp3) is 0.375. The van der Waals surface area contributed by atoms with E-state index in [1.807, 2.05) is 30.5 Å². The molecule has 2 rings (SSSR count). The van der Waals surface area contributed by atoms with Gasteiger partial charge in [0.25, 0.3) is 0 Å². The molecule has 3 N–H and O–H groups in total. The third-order valence-electron chi connectivity index (χ3n) is 3.37. The Morgan fingerprint density at radius 1 is 1.14 bits per heavy atom. The predicted molar refractivity (Wildman–Crippen MR) is 84.5 cm³/mol. The second-order valence-electron chi connectivity index (χ2n) is 4.97. The first-order valence-electron chi connectivity index (χ1n) is 7.32. The molecule has 0 unspecified atom stereocenters. The van der Waals surface area contributed by atoms with E-state index in [0.29, 0.717) is 32.5 Å². The topological polar surface area (TPSA) is 83.2 Å². The first-order valence-corrected chi connectivity index (χ1v) is 7.32. The van der Waals surface area contributed by atoms with E-state index in [0.717, 1.165) is 16.5 Å². The number of carbonyl (C=O) groups is 2. The Morgan fingerprint density at radius 3 is 2.64 bits per heavy atom. The summed E-state index contributed by atoms with van der Waals surface area (Å²) in [4.78, 5) is 26.4. The van der Waals surface area contributed by atoms with Gasteiger partial charge in [0, 0.05) is 43.9 Å². The lowest BCUT2D eigenvalue weighted by Crippen LogP contribution is -2.41. The number of hydrogen-bond donors (Lipinski definition) is 3. The Balaban J connectivity index is 1.73. The van der Waals surface area contributed by atoms with Crippen molar-refractivity contribution < 1.29 is 14.3 Å². The van der Waals surface area contributed by atoms with Crippen molar-refractivity contribution in [3.63, 3.8) is 0 Å². The Morgan fingerprint density at radius 2 is 1.86 bits per heavy atom. The molecular formula is C16H21N3O3. The number of H-pyrrole nitrogens is 1. The lowest BCUT2D eigenvalue weighted by molar-refractivity contribution is -0.139. The van der Waals surface area contributed by atoms with E-state index in [-0.39, 0.29) is 0 Å². The normalized spacial score (nSPS) is 10.6. The van der Waals surface area contributed by atoms with Crippen LogP contribution in [0.5, 0.6) is 0 Å². The summed E-state index contributed by atoms with van der Waals surface area (Å²) in [5, 5.41) is 6.32. The van der Waals surface area contributed by atoms with Crippen LogP contribution in [0.15, 0.2) is 30.5 Å². The summed E-state index contributed by atoms with van der Waals surface area (Å²) < 4.78 is 4.87. The molecule has 6 nitrogen and oxygen atoms in total. The molecule has 0 saturated carbocycles. The van der Waals surface area contributed by atoms with E-state index in [4.69, 9.17) is 4.74 Å². The molecule has 0 bridgehead atoms. The van der Waals surface area contributed by atoms with Gasteiger partial charge in [0.15, 0.2) is 0 Å². The molecule has 22 heavy (non-hydrogen) atoms. The number of fused-ring (bicyclic) bond motifs is 1. The molecule has 1 aromatic heterocycles. The van der Waals surface area contributed by atoms with Crippen LogP contribution in [0, 0.1) is 0 Å². The SMILES string of the molecule is COCCCNC(=O)C(=O)NCCc1c[nH]c2ccccc12. The smallest absolute Gasteiger partial charge is 0.309 e. The standard InChI is InChI=1S/C16H21N3O3/c1-22-10-4-8-17-15(20)16(21)18-9-7-12-11-19-14-6-3-2-5-13(12)14/h2-3,5-6,11,19H,4,7-10H2,1H3,(H,17,20)(H,18,21). The summed E-state index contributed by atoms with van der Waals surface area (Å²) >= 11 is 0. The third kappa shape index (κ3) is 4.33. The molecule has 0 aliphatic heterocycles. The van der Waals surface area contributed by atoms with Crippen LogP contribution in [0.4, 0.5) is 0 Å². The highest BCUT2D eigenvalue weighted by Gasteiger charge is 2.12. The second kappa shape index (κ2) is 8.19. The van der Waals surface area contributed by atoms with Crippen molar-refractivity contribution in [3.8, 4) is 0 Å². The van der Waals surface area contributed by atoms with E-state index >= 15 is 0 Å². The van der Waals surface area contributed by atoms with Crippen LogP contribution in [0.1, 0.15) is 12.0 Å². The van der Waals surface area contributed by atoms with Crippen molar-refractivity contribution in [1.29, 1.82) is 0 Å². The van der Waals surface area contributed by atoms with Gasteiger partial charge in [-0.1, -0.05) is 18.2 Å². The number of hydrogen-bond acceptors (Lipinski definition) is 3. The van der Waals surface area contributed by atoms with Crippen LogP contribution in [-0.4, -0.2) is 43.6 Å². The van der Waals surface area contributed by atoms with Crippen LogP contribution in [-0.2, 0) is 20.7 Å². The van der Waals surface area contributed by atoms with Crippen molar-refractivity contribution in [3.05, 3.63) is 36.0 Å². The fourth-order valence-electron chi connectivity index (χ4n) is 2.23. The van der Waals surface area contributed by atoms with E-state index in [1.54, 1.807) is 7.11 Å². The number of ether oxygens (including phenoxy) is 1. The summed E-state index contributed by atoms with van der Waals surface area (Å²) in [6.45, 7) is 1.41. The number of rotatable bonds is 7. The molecule has 2 aromatic rings. The van der Waals surface area contributed by atoms with E-state index in [2.05, 4.69) is 15.6 Å². The maximum atomic E-state index is 11.6. The Labute approximate surface area is 129 Å². The van der Waals surface area contributed by atoms with Crippen LogP contribution < -0.4 is 10.6 Å². The minimum atomic E-state index is -0.602. The number of methoxy groups -OCH3 is 1. The zero-order valence-corrected chi connectivity index (χ0v) is 12.6. The summed E-state index contributed by atoms with van der Waals surface area (Å²) in [6.07, 6.45) is 3.29. The molecule has 0 aliphatic rings. The van der Waals surface area contributed by atoms with Gasteiger partial charge in [-0.05, 0) is 24.5 Å². The van der Waals surface area contributed by atoms with Gasteiger partial charge in [0.05, 0.1) is 0 Å². The van der Waals surface area contributed by atoms with Crippen LogP contribution >= 0.6 is 0 Å². The molecule has 0 radical (unpaired) electrons. The van der Waals surface area contributed by atoms with Crippen molar-refractivity contribution in [2.24, 2.45) is 0 Å². The molecule has 1 heterocycles. The van der Waals surface area contributed by atoms with Gasteiger partial charge >= 0.3 is 11.8 Å². The van der Waals surface area contributed by atoms with Gasteiger partial charge in [-0.15, -0.1) is 0 Å². The van der Waals surface area contributed by atoms with E-state index in [9.17, 15) is 9.59 Å². The zero-order chi connectivity index (χ0) is 15.8. The van der Waals surface area contributed by atoms with Crippen molar-refractivity contribution >= 4 is 22.7 Å². The molecule has 0 aliphatic carbocycles. The fourth-order valence-corrected chi connectivity index (χ4v) is 2.23. The van der Waals surface area contributed by atoms with Crippen LogP contribution in [0.25, 0.3) is 10.9 Å². The highest BCUT2D eigenvalue weighted by Crippen LogP contribution is 2.17. The molecule has 1 aromatic carbocycles. The molecular weight excluding hydrogens is 282 g/mol. The van der Waals surface area contributed by atoms with E-state index < -0.39 is 11.8 Å². The predicted octanol–water partition coefficient (Wildman–Crippen LogP) is 0.979. The number of benzene rings is 1. The molecule has 6 heteroatoms. The Bertz CT molecular complexity index is 636. The number of aromatic nitrogens is 1. The average molecular weight is 303 g/mol. The van der Waals surface area contributed by atoms with Gasteiger partial charge < -0.3 is 20.4 Å². The van der Waals surface area contributed by atoms with Crippen LogP contribution in [0.2, 0.25) is 0 Å². The Hall–Kier alpha value is -2.34. The minimum absolute atomic E-state index is 0.423. The maximum Gasteiger partial charge on any atom is 0.309 e. The third-order valence-corrected chi connectivity index (χ3v) is 3.37. The Kier molecular flexibility index (Phi) is 5.97. The molecule has 0 atom stereocenters. The number of nitrogens with one attached hydrogen (secondary N) is 3. The number of aromatic amines is 1. The highest BCUT2D eigenvalue weighted by atomic mass is 16.5. The van der Waals surface area contributed by atoms with Crippen molar-refractivity contribution in [2.75, 3.05) is 26.8 Å².